The van der Waals surface area contributed by atoms with Crippen LogP contribution in [0, 0.1) is 5.41 Å². The first-order valence-electron chi connectivity index (χ1n) is 4.61. The second-order valence-corrected chi connectivity index (χ2v) is 4.09. The number of nitrogens with zero attached hydrogens (tertiary/aromatic N) is 1. The van der Waals surface area contributed by atoms with Gasteiger partial charge in [0.15, 0.2) is 0 Å². The van der Waals surface area contributed by atoms with Crippen molar-refractivity contribution in [2.24, 2.45) is 5.41 Å². The quantitative estimate of drug-likeness (QED) is 0.732. The summed E-state index contributed by atoms with van der Waals surface area (Å²) in [6.07, 6.45) is 7.23. The molecule has 0 aliphatic rings. The fraction of sp³-hybridized carbons (Fsp3) is 0.700. The van der Waals surface area contributed by atoms with E-state index in [1.807, 2.05) is 6.20 Å². The number of H-pyrrole nitrogens is 1. The summed E-state index contributed by atoms with van der Waals surface area (Å²) in [7, 11) is 0. The third kappa shape index (κ3) is 2.68. The van der Waals surface area contributed by atoms with Gasteiger partial charge in [-0.05, 0) is 18.3 Å². The van der Waals surface area contributed by atoms with E-state index < -0.39 is 0 Å². The topological polar surface area (TPSA) is 28.7 Å². The Kier molecular flexibility index (Phi) is 2.90. The number of nitrogens with one attached hydrogen (secondary N) is 1. The maximum atomic E-state index is 3.99. The van der Waals surface area contributed by atoms with E-state index in [0.29, 0.717) is 5.41 Å². The highest BCUT2D eigenvalue weighted by Gasteiger charge is 2.14. The van der Waals surface area contributed by atoms with E-state index in [1.54, 1.807) is 6.33 Å². The first-order valence-corrected chi connectivity index (χ1v) is 4.61. The molecule has 1 aromatic rings. The minimum Gasteiger partial charge on any atom is -0.348 e. The molecule has 12 heavy (non-hydrogen) atoms. The lowest BCUT2D eigenvalue weighted by atomic mass is 9.85. The summed E-state index contributed by atoms with van der Waals surface area (Å²) >= 11 is 0. The molecular weight excluding hydrogens is 148 g/mol. The predicted octanol–water partition coefficient (Wildman–Crippen LogP) is 2.78. The minimum atomic E-state index is 0.463. The third-order valence-corrected chi connectivity index (χ3v) is 2.58. The summed E-state index contributed by atoms with van der Waals surface area (Å²) in [5, 5.41) is 0. The van der Waals surface area contributed by atoms with Crippen molar-refractivity contribution >= 4 is 0 Å². The Morgan fingerprint density at radius 3 is 2.75 bits per heavy atom. The van der Waals surface area contributed by atoms with Crippen LogP contribution < -0.4 is 0 Å². The Hall–Kier alpha value is -0.790. The van der Waals surface area contributed by atoms with Crippen LogP contribution in [0.3, 0.4) is 0 Å². The average molecular weight is 166 g/mol. The van der Waals surface area contributed by atoms with Gasteiger partial charge in [-0.15, -0.1) is 0 Å². The van der Waals surface area contributed by atoms with Crippen LogP contribution in [-0.2, 0) is 6.42 Å². The second-order valence-electron chi connectivity index (χ2n) is 4.09. The van der Waals surface area contributed by atoms with Crippen LogP contribution in [0.4, 0.5) is 0 Å². The molecule has 1 rings (SSSR count). The molecule has 0 saturated heterocycles. The zero-order valence-corrected chi connectivity index (χ0v) is 8.22. The molecule has 0 bridgehead atoms. The maximum absolute atomic E-state index is 3.99. The molecule has 1 N–H and O–H groups in total. The van der Waals surface area contributed by atoms with Crippen LogP contribution >= 0.6 is 0 Å². The zero-order valence-electron chi connectivity index (χ0n) is 8.22. The largest absolute Gasteiger partial charge is 0.348 e. The van der Waals surface area contributed by atoms with Crippen molar-refractivity contribution in [3.63, 3.8) is 0 Å². The van der Waals surface area contributed by atoms with E-state index in [9.17, 15) is 0 Å². The molecule has 0 saturated carbocycles. The van der Waals surface area contributed by atoms with Crippen molar-refractivity contribution in [2.45, 2.75) is 40.0 Å². The normalized spacial score (nSPS) is 11.9. The molecular formula is C10H18N2. The summed E-state index contributed by atoms with van der Waals surface area (Å²) in [6.45, 7) is 6.86. The zero-order chi connectivity index (χ0) is 9.03. The number of hydrogen-bond donors (Lipinski definition) is 1. The van der Waals surface area contributed by atoms with Crippen molar-refractivity contribution in [3.05, 3.63) is 18.2 Å². The van der Waals surface area contributed by atoms with Crippen molar-refractivity contribution in [1.29, 1.82) is 0 Å². The summed E-state index contributed by atoms with van der Waals surface area (Å²) in [4.78, 5) is 7.12. The molecule has 0 unspecified atom stereocenters. The van der Waals surface area contributed by atoms with E-state index >= 15 is 0 Å². The highest BCUT2D eigenvalue weighted by atomic mass is 14.9. The van der Waals surface area contributed by atoms with E-state index in [1.165, 1.54) is 18.5 Å². The van der Waals surface area contributed by atoms with Crippen LogP contribution in [0.1, 0.15) is 39.3 Å². The summed E-state index contributed by atoms with van der Waals surface area (Å²) in [5.41, 5.74) is 1.71. The molecule has 0 aliphatic carbocycles. The lowest BCUT2D eigenvalue weighted by Crippen LogP contribution is -2.10. The third-order valence-electron chi connectivity index (χ3n) is 2.58. The van der Waals surface area contributed by atoms with Gasteiger partial charge in [0.05, 0.1) is 6.33 Å². The van der Waals surface area contributed by atoms with Crippen molar-refractivity contribution < 1.29 is 0 Å². The highest BCUT2D eigenvalue weighted by Crippen LogP contribution is 2.25. The van der Waals surface area contributed by atoms with Crippen LogP contribution in [0.5, 0.6) is 0 Å². The molecule has 68 valence electrons. The van der Waals surface area contributed by atoms with Gasteiger partial charge in [0.2, 0.25) is 0 Å². The average Bonchev–Trinajstić information content (AvgIpc) is 2.53. The molecule has 0 aromatic carbocycles. The van der Waals surface area contributed by atoms with Gasteiger partial charge in [-0.1, -0.05) is 27.2 Å². The van der Waals surface area contributed by atoms with Crippen LogP contribution in [0.25, 0.3) is 0 Å². The Morgan fingerprint density at radius 2 is 2.25 bits per heavy atom. The molecule has 0 radical (unpaired) electrons. The monoisotopic (exact) mass is 166 g/mol. The van der Waals surface area contributed by atoms with Crippen molar-refractivity contribution in [3.8, 4) is 0 Å². The summed E-state index contributed by atoms with van der Waals surface area (Å²) in [5.74, 6) is 0. The summed E-state index contributed by atoms with van der Waals surface area (Å²) in [6, 6.07) is 0. The number of aromatic nitrogens is 2. The van der Waals surface area contributed by atoms with Gasteiger partial charge in [-0.2, -0.15) is 0 Å². The Bertz CT molecular complexity index is 212. The second kappa shape index (κ2) is 3.74. The number of aryl methyl sites for hydroxylation is 1. The number of hydrogen-bond acceptors (Lipinski definition) is 1. The fourth-order valence-electron chi connectivity index (χ4n) is 1.07. The van der Waals surface area contributed by atoms with E-state index in [0.717, 1.165) is 6.42 Å². The van der Waals surface area contributed by atoms with Crippen LogP contribution in [0.2, 0.25) is 0 Å². The fourth-order valence-corrected chi connectivity index (χ4v) is 1.07. The predicted molar refractivity (Wildman–Crippen MR) is 51.0 cm³/mol. The van der Waals surface area contributed by atoms with E-state index in [4.69, 9.17) is 0 Å². The molecule has 0 fully saturated rings. The van der Waals surface area contributed by atoms with Gasteiger partial charge >= 0.3 is 0 Å². The molecule has 1 aromatic heterocycles. The van der Waals surface area contributed by atoms with Crippen LogP contribution in [0.15, 0.2) is 12.5 Å². The number of aromatic amines is 1. The first-order chi connectivity index (χ1) is 5.64. The number of rotatable bonds is 4. The molecule has 0 amide bonds. The Labute approximate surface area is 74.4 Å². The van der Waals surface area contributed by atoms with E-state index in [-0.39, 0.29) is 0 Å². The Balaban J connectivity index is 2.36. The highest BCUT2D eigenvalue weighted by molar-refractivity contribution is 4.94. The molecule has 2 heteroatoms. The maximum Gasteiger partial charge on any atom is 0.0921 e. The molecule has 0 spiro atoms. The SMILES string of the molecule is CCC(C)(C)CCc1cnc[nH]1. The van der Waals surface area contributed by atoms with Gasteiger partial charge in [-0.25, -0.2) is 4.98 Å². The van der Waals surface area contributed by atoms with Crippen LogP contribution in [-0.4, -0.2) is 9.97 Å². The first kappa shape index (κ1) is 9.30. The molecule has 0 aliphatic heterocycles. The van der Waals surface area contributed by atoms with Crippen molar-refractivity contribution in [2.75, 3.05) is 0 Å². The standard InChI is InChI=1S/C10H18N2/c1-4-10(2,3)6-5-9-7-11-8-12-9/h7-8H,4-6H2,1-3H3,(H,11,12). The van der Waals surface area contributed by atoms with Gasteiger partial charge in [-0.3, -0.25) is 0 Å². The van der Waals surface area contributed by atoms with Gasteiger partial charge in [0.25, 0.3) is 0 Å². The molecule has 0 atom stereocenters. The smallest absolute Gasteiger partial charge is 0.0921 e. The van der Waals surface area contributed by atoms with E-state index in [2.05, 4.69) is 30.7 Å². The lowest BCUT2D eigenvalue weighted by Gasteiger charge is -2.21. The molecule has 1 heterocycles. The van der Waals surface area contributed by atoms with Gasteiger partial charge in [0.1, 0.15) is 0 Å². The lowest BCUT2D eigenvalue weighted by molar-refractivity contribution is 0.321. The van der Waals surface area contributed by atoms with Crippen molar-refractivity contribution in [1.82, 2.24) is 9.97 Å². The molecule has 2 nitrogen and oxygen atoms in total. The Morgan fingerprint density at radius 1 is 1.50 bits per heavy atom. The summed E-state index contributed by atoms with van der Waals surface area (Å²) < 4.78 is 0. The minimum absolute atomic E-state index is 0.463. The van der Waals surface area contributed by atoms with Gasteiger partial charge in [0, 0.05) is 11.9 Å². The van der Waals surface area contributed by atoms with Gasteiger partial charge < -0.3 is 4.98 Å². The number of imidazole rings is 1.